The maximum absolute atomic E-state index is 12.0. The number of hydrogen-bond acceptors (Lipinski definition) is 3. The SMILES string of the molecule is CC1(C)CCCNC1CNC(=O)c1ccc(Br)cn1.Cl.Cl. The van der Waals surface area contributed by atoms with E-state index in [-0.39, 0.29) is 36.1 Å². The molecule has 0 spiro atoms. The van der Waals surface area contributed by atoms with Crippen LogP contribution in [0, 0.1) is 5.41 Å². The Hall–Kier alpha value is -0.360. The summed E-state index contributed by atoms with van der Waals surface area (Å²) in [7, 11) is 0. The zero-order chi connectivity index (χ0) is 13.9. The zero-order valence-corrected chi connectivity index (χ0v) is 15.4. The van der Waals surface area contributed by atoms with Gasteiger partial charge in [0.15, 0.2) is 0 Å². The first-order valence-corrected chi connectivity index (χ1v) is 7.41. The van der Waals surface area contributed by atoms with E-state index >= 15 is 0 Å². The van der Waals surface area contributed by atoms with Crippen LogP contribution in [-0.4, -0.2) is 30.0 Å². The third-order valence-corrected chi connectivity index (χ3v) is 4.23. The maximum atomic E-state index is 12.0. The fourth-order valence-electron chi connectivity index (χ4n) is 2.41. The van der Waals surface area contributed by atoms with E-state index in [1.165, 1.54) is 12.8 Å². The van der Waals surface area contributed by atoms with Crippen molar-refractivity contribution in [1.82, 2.24) is 15.6 Å². The maximum Gasteiger partial charge on any atom is 0.269 e. The van der Waals surface area contributed by atoms with Gasteiger partial charge < -0.3 is 10.6 Å². The standard InChI is InChI=1S/C14H20BrN3O.2ClH/c1-14(2)6-3-7-16-12(14)9-18-13(19)11-5-4-10(15)8-17-11;;/h4-5,8,12,16H,3,6-7,9H2,1-2H3,(H,18,19);2*1H. The number of halogens is 3. The summed E-state index contributed by atoms with van der Waals surface area (Å²) in [5.41, 5.74) is 0.676. The molecule has 1 aromatic rings. The molecule has 1 aliphatic heterocycles. The highest BCUT2D eigenvalue weighted by atomic mass is 79.9. The first-order chi connectivity index (χ1) is 8.99. The number of nitrogens with zero attached hydrogens (tertiary/aromatic N) is 1. The second-order valence-electron chi connectivity index (χ2n) is 5.67. The van der Waals surface area contributed by atoms with Gasteiger partial charge in [0, 0.05) is 23.3 Å². The molecule has 7 heteroatoms. The molecule has 1 atom stereocenters. The minimum absolute atomic E-state index is 0. The van der Waals surface area contributed by atoms with E-state index in [0.717, 1.165) is 11.0 Å². The van der Waals surface area contributed by atoms with Crippen molar-refractivity contribution < 1.29 is 4.79 Å². The van der Waals surface area contributed by atoms with E-state index in [1.54, 1.807) is 12.3 Å². The normalized spacial score (nSPS) is 19.9. The Balaban J connectivity index is 0.00000200. The molecule has 1 fully saturated rings. The lowest BCUT2D eigenvalue weighted by Crippen LogP contribution is -2.52. The number of pyridine rings is 1. The van der Waals surface area contributed by atoms with Crippen molar-refractivity contribution in [3.8, 4) is 0 Å². The van der Waals surface area contributed by atoms with Crippen LogP contribution in [0.3, 0.4) is 0 Å². The molecule has 120 valence electrons. The number of amides is 1. The molecule has 0 radical (unpaired) electrons. The number of nitrogens with one attached hydrogen (secondary N) is 2. The zero-order valence-electron chi connectivity index (χ0n) is 12.2. The summed E-state index contributed by atoms with van der Waals surface area (Å²) >= 11 is 3.31. The van der Waals surface area contributed by atoms with Crippen LogP contribution in [0.15, 0.2) is 22.8 Å². The topological polar surface area (TPSA) is 54.0 Å². The second kappa shape index (κ2) is 8.93. The third kappa shape index (κ3) is 5.74. The molecule has 1 unspecified atom stereocenters. The van der Waals surface area contributed by atoms with Gasteiger partial charge in [-0.25, -0.2) is 4.98 Å². The van der Waals surface area contributed by atoms with Crippen molar-refractivity contribution in [2.24, 2.45) is 5.41 Å². The Morgan fingerprint density at radius 2 is 2.19 bits per heavy atom. The average Bonchev–Trinajstić information content (AvgIpc) is 2.37. The Labute approximate surface area is 146 Å². The van der Waals surface area contributed by atoms with Gasteiger partial charge in [-0.3, -0.25) is 4.79 Å². The van der Waals surface area contributed by atoms with Gasteiger partial charge in [0.05, 0.1) is 0 Å². The van der Waals surface area contributed by atoms with Crippen molar-refractivity contribution >= 4 is 46.7 Å². The lowest BCUT2D eigenvalue weighted by Gasteiger charge is -2.39. The molecular weight excluding hydrogens is 377 g/mol. The van der Waals surface area contributed by atoms with Gasteiger partial charge >= 0.3 is 0 Å². The minimum atomic E-state index is -0.115. The summed E-state index contributed by atoms with van der Waals surface area (Å²) in [6.07, 6.45) is 4.03. The molecular formula is C14H22BrCl2N3O. The van der Waals surface area contributed by atoms with Crippen LogP contribution in [-0.2, 0) is 0 Å². The van der Waals surface area contributed by atoms with Crippen LogP contribution in [0.5, 0.6) is 0 Å². The van der Waals surface area contributed by atoms with Crippen LogP contribution >= 0.6 is 40.7 Å². The van der Waals surface area contributed by atoms with Crippen molar-refractivity contribution in [3.05, 3.63) is 28.5 Å². The highest BCUT2D eigenvalue weighted by Crippen LogP contribution is 2.29. The molecule has 1 aromatic heterocycles. The number of carbonyl (C=O) groups excluding carboxylic acids is 1. The lowest BCUT2D eigenvalue weighted by atomic mass is 9.77. The molecule has 2 N–H and O–H groups in total. The number of hydrogen-bond donors (Lipinski definition) is 2. The van der Waals surface area contributed by atoms with E-state index in [9.17, 15) is 4.79 Å². The molecule has 0 bridgehead atoms. The lowest BCUT2D eigenvalue weighted by molar-refractivity contribution is 0.0924. The van der Waals surface area contributed by atoms with Gasteiger partial charge in [0.25, 0.3) is 5.91 Å². The number of aromatic nitrogens is 1. The van der Waals surface area contributed by atoms with Gasteiger partial charge in [0.2, 0.25) is 0 Å². The summed E-state index contributed by atoms with van der Waals surface area (Å²) < 4.78 is 0.874. The number of rotatable bonds is 3. The van der Waals surface area contributed by atoms with Gasteiger partial charge in [-0.1, -0.05) is 13.8 Å². The van der Waals surface area contributed by atoms with Crippen LogP contribution < -0.4 is 10.6 Å². The van der Waals surface area contributed by atoms with Crippen LogP contribution in [0.25, 0.3) is 0 Å². The largest absolute Gasteiger partial charge is 0.349 e. The molecule has 0 aliphatic carbocycles. The Bertz CT molecular complexity index is 454. The predicted molar refractivity (Wildman–Crippen MR) is 93.6 cm³/mol. The Morgan fingerprint density at radius 1 is 1.48 bits per heavy atom. The number of carbonyl (C=O) groups is 1. The van der Waals surface area contributed by atoms with Crippen molar-refractivity contribution in [3.63, 3.8) is 0 Å². The fourth-order valence-corrected chi connectivity index (χ4v) is 2.65. The molecule has 1 amide bonds. The summed E-state index contributed by atoms with van der Waals surface area (Å²) in [5.74, 6) is -0.115. The molecule has 1 saturated heterocycles. The molecule has 2 rings (SSSR count). The van der Waals surface area contributed by atoms with Crippen LogP contribution in [0.4, 0.5) is 0 Å². The summed E-state index contributed by atoms with van der Waals surface area (Å²) in [4.78, 5) is 16.1. The molecule has 2 heterocycles. The Morgan fingerprint density at radius 3 is 2.76 bits per heavy atom. The first-order valence-electron chi connectivity index (χ1n) is 6.62. The van der Waals surface area contributed by atoms with Crippen LogP contribution in [0.2, 0.25) is 0 Å². The smallest absolute Gasteiger partial charge is 0.269 e. The van der Waals surface area contributed by atoms with Crippen molar-refractivity contribution in [2.45, 2.75) is 32.7 Å². The predicted octanol–water partition coefficient (Wildman–Crippen LogP) is 3.20. The van der Waals surface area contributed by atoms with E-state index in [1.807, 2.05) is 6.07 Å². The van der Waals surface area contributed by atoms with Gasteiger partial charge in [-0.2, -0.15) is 0 Å². The van der Waals surface area contributed by atoms with Crippen molar-refractivity contribution in [1.29, 1.82) is 0 Å². The second-order valence-corrected chi connectivity index (χ2v) is 6.59. The van der Waals surface area contributed by atoms with E-state index in [2.05, 4.69) is 45.4 Å². The highest BCUT2D eigenvalue weighted by Gasteiger charge is 2.31. The van der Waals surface area contributed by atoms with E-state index < -0.39 is 0 Å². The Kier molecular flexibility index (Phi) is 8.78. The average molecular weight is 399 g/mol. The van der Waals surface area contributed by atoms with Crippen LogP contribution in [0.1, 0.15) is 37.2 Å². The molecule has 1 aliphatic rings. The van der Waals surface area contributed by atoms with E-state index in [4.69, 9.17) is 0 Å². The summed E-state index contributed by atoms with van der Waals surface area (Å²) in [6, 6.07) is 3.87. The third-order valence-electron chi connectivity index (χ3n) is 3.76. The number of piperidine rings is 1. The minimum Gasteiger partial charge on any atom is -0.349 e. The molecule has 0 saturated carbocycles. The monoisotopic (exact) mass is 397 g/mol. The molecule has 0 aromatic carbocycles. The van der Waals surface area contributed by atoms with Gasteiger partial charge in [-0.05, 0) is 52.9 Å². The summed E-state index contributed by atoms with van der Waals surface area (Å²) in [5, 5.41) is 6.45. The van der Waals surface area contributed by atoms with Gasteiger partial charge in [0.1, 0.15) is 5.69 Å². The quantitative estimate of drug-likeness (QED) is 0.821. The molecule has 4 nitrogen and oxygen atoms in total. The first kappa shape index (κ1) is 20.6. The van der Waals surface area contributed by atoms with E-state index in [0.29, 0.717) is 18.3 Å². The van der Waals surface area contributed by atoms with Gasteiger partial charge in [-0.15, -0.1) is 24.8 Å². The summed E-state index contributed by atoms with van der Waals surface area (Å²) in [6.45, 7) is 6.16. The van der Waals surface area contributed by atoms with Crippen molar-refractivity contribution in [2.75, 3.05) is 13.1 Å². The molecule has 21 heavy (non-hydrogen) atoms. The highest BCUT2D eigenvalue weighted by molar-refractivity contribution is 9.10. The fraction of sp³-hybridized carbons (Fsp3) is 0.571.